The first-order valence-corrected chi connectivity index (χ1v) is 6.05. The van der Waals surface area contributed by atoms with Crippen molar-refractivity contribution in [3.8, 4) is 0 Å². The molecule has 4 heteroatoms. The highest BCUT2D eigenvalue weighted by molar-refractivity contribution is 5.90. The van der Waals surface area contributed by atoms with Crippen LogP contribution in [0.5, 0.6) is 0 Å². The summed E-state index contributed by atoms with van der Waals surface area (Å²) in [5.74, 6) is 0. The predicted octanol–water partition coefficient (Wildman–Crippen LogP) is 2.57. The highest BCUT2D eigenvalue weighted by Gasteiger charge is 2.24. The number of nitrogen functional groups attached to an aromatic ring is 1. The third-order valence-corrected chi connectivity index (χ3v) is 2.94. The molecule has 1 heterocycles. The molecular weight excluding hydrogens is 216 g/mol. The van der Waals surface area contributed by atoms with Gasteiger partial charge < -0.3 is 10.5 Å². The minimum atomic E-state index is -0.265. The monoisotopic (exact) mass is 234 g/mol. The number of amides is 1. The lowest BCUT2D eigenvalue weighted by Crippen LogP contribution is -2.36. The molecule has 0 spiro atoms. The van der Waals surface area contributed by atoms with Gasteiger partial charge in [-0.25, -0.2) is 4.79 Å². The zero-order chi connectivity index (χ0) is 12.3. The minimum absolute atomic E-state index is 0.265. The first-order valence-electron chi connectivity index (χ1n) is 6.05. The molecular formula is C13H18N2O2. The van der Waals surface area contributed by atoms with Gasteiger partial charge >= 0.3 is 6.09 Å². The van der Waals surface area contributed by atoms with Crippen LogP contribution in [0.25, 0.3) is 0 Å². The lowest BCUT2D eigenvalue weighted by molar-refractivity contribution is 0.153. The van der Waals surface area contributed by atoms with Crippen molar-refractivity contribution in [2.75, 3.05) is 23.8 Å². The van der Waals surface area contributed by atoms with Gasteiger partial charge in [0.2, 0.25) is 0 Å². The van der Waals surface area contributed by atoms with Crippen molar-refractivity contribution in [1.29, 1.82) is 0 Å². The molecule has 0 aromatic heterocycles. The summed E-state index contributed by atoms with van der Waals surface area (Å²) in [6.45, 7) is 3.15. The highest BCUT2D eigenvalue weighted by Crippen LogP contribution is 2.31. The maximum absolute atomic E-state index is 11.9. The van der Waals surface area contributed by atoms with E-state index in [1.807, 2.05) is 25.1 Å². The van der Waals surface area contributed by atoms with Crippen molar-refractivity contribution < 1.29 is 9.53 Å². The Morgan fingerprint density at radius 2 is 2.35 bits per heavy atom. The second-order valence-electron chi connectivity index (χ2n) is 4.21. The van der Waals surface area contributed by atoms with E-state index in [0.717, 1.165) is 36.2 Å². The van der Waals surface area contributed by atoms with E-state index in [-0.39, 0.29) is 6.09 Å². The number of ether oxygens (including phenoxy) is 1. The van der Waals surface area contributed by atoms with E-state index >= 15 is 0 Å². The number of benzene rings is 1. The second kappa shape index (κ2) is 5.08. The van der Waals surface area contributed by atoms with Crippen LogP contribution in [0.4, 0.5) is 16.2 Å². The van der Waals surface area contributed by atoms with Gasteiger partial charge in [-0.2, -0.15) is 0 Å². The first-order chi connectivity index (χ1) is 8.24. The van der Waals surface area contributed by atoms with E-state index in [1.165, 1.54) is 0 Å². The fourth-order valence-corrected chi connectivity index (χ4v) is 2.11. The number of nitrogens with two attached hydrogens (primary N) is 1. The van der Waals surface area contributed by atoms with Gasteiger partial charge in [-0.15, -0.1) is 0 Å². The summed E-state index contributed by atoms with van der Waals surface area (Å²) in [5.41, 5.74) is 8.65. The Balaban J connectivity index is 2.22. The molecule has 17 heavy (non-hydrogen) atoms. The summed E-state index contributed by atoms with van der Waals surface area (Å²) in [6, 6.07) is 5.68. The molecule has 0 aliphatic carbocycles. The summed E-state index contributed by atoms with van der Waals surface area (Å²) >= 11 is 0. The summed E-state index contributed by atoms with van der Waals surface area (Å²) in [7, 11) is 0. The number of carbonyl (C=O) groups excluding carboxylic acids is 1. The number of nitrogens with zero attached hydrogens (tertiary/aromatic N) is 1. The van der Waals surface area contributed by atoms with Gasteiger partial charge in [0.1, 0.15) is 0 Å². The Morgan fingerprint density at radius 1 is 1.53 bits per heavy atom. The molecule has 0 bridgehead atoms. The first kappa shape index (κ1) is 11.8. The van der Waals surface area contributed by atoms with Crippen LogP contribution < -0.4 is 10.6 Å². The molecule has 0 saturated heterocycles. The average molecular weight is 234 g/mol. The second-order valence-corrected chi connectivity index (χ2v) is 4.21. The molecule has 1 aliphatic heterocycles. The molecule has 1 aromatic carbocycles. The van der Waals surface area contributed by atoms with E-state index < -0.39 is 0 Å². The molecule has 1 aliphatic rings. The number of hydrogen-bond acceptors (Lipinski definition) is 3. The Morgan fingerprint density at radius 3 is 3.12 bits per heavy atom. The van der Waals surface area contributed by atoms with Crippen LogP contribution in [0.15, 0.2) is 18.2 Å². The van der Waals surface area contributed by atoms with Crippen LogP contribution in [0.3, 0.4) is 0 Å². The minimum Gasteiger partial charge on any atom is -0.449 e. The Hall–Kier alpha value is -1.71. The molecule has 2 rings (SSSR count). The summed E-state index contributed by atoms with van der Waals surface area (Å²) < 4.78 is 5.17. The molecule has 0 fully saturated rings. The fourth-order valence-electron chi connectivity index (χ4n) is 2.11. The normalized spacial score (nSPS) is 14.3. The van der Waals surface area contributed by atoms with Crippen molar-refractivity contribution in [3.63, 3.8) is 0 Å². The summed E-state index contributed by atoms with van der Waals surface area (Å²) in [6.07, 6.45) is 2.43. The van der Waals surface area contributed by atoms with Gasteiger partial charge in [-0.3, -0.25) is 4.90 Å². The Labute approximate surface area is 101 Å². The lowest BCUT2D eigenvalue weighted by atomic mass is 10.0. The van der Waals surface area contributed by atoms with Crippen molar-refractivity contribution in [3.05, 3.63) is 23.8 Å². The maximum Gasteiger partial charge on any atom is 0.414 e. The smallest absolute Gasteiger partial charge is 0.414 e. The summed E-state index contributed by atoms with van der Waals surface area (Å²) in [4.78, 5) is 13.6. The van der Waals surface area contributed by atoms with Crippen LogP contribution in [0.2, 0.25) is 0 Å². The third-order valence-electron chi connectivity index (χ3n) is 2.94. The number of rotatable bonds is 2. The zero-order valence-corrected chi connectivity index (χ0v) is 10.1. The molecule has 0 radical (unpaired) electrons. The van der Waals surface area contributed by atoms with Gasteiger partial charge in [0.15, 0.2) is 0 Å². The molecule has 0 atom stereocenters. The van der Waals surface area contributed by atoms with Gasteiger partial charge in [0.05, 0.1) is 12.3 Å². The van der Waals surface area contributed by atoms with Crippen molar-refractivity contribution >= 4 is 17.5 Å². The lowest BCUT2D eigenvalue weighted by Gasteiger charge is -2.29. The highest BCUT2D eigenvalue weighted by atomic mass is 16.6. The van der Waals surface area contributed by atoms with Crippen LogP contribution in [-0.4, -0.2) is 19.2 Å². The number of carbonyl (C=O) groups is 1. The van der Waals surface area contributed by atoms with Gasteiger partial charge in [-0.05, 0) is 37.0 Å². The topological polar surface area (TPSA) is 55.6 Å². The molecule has 0 saturated carbocycles. The van der Waals surface area contributed by atoms with Crippen molar-refractivity contribution in [2.24, 2.45) is 0 Å². The Bertz CT molecular complexity index is 418. The molecule has 92 valence electrons. The number of anilines is 2. The van der Waals surface area contributed by atoms with Crippen LogP contribution in [0, 0.1) is 0 Å². The van der Waals surface area contributed by atoms with Gasteiger partial charge in [0, 0.05) is 12.2 Å². The van der Waals surface area contributed by atoms with E-state index in [1.54, 1.807) is 4.90 Å². The molecule has 1 amide bonds. The van der Waals surface area contributed by atoms with Gasteiger partial charge in [0.25, 0.3) is 0 Å². The zero-order valence-electron chi connectivity index (χ0n) is 10.1. The standard InChI is InChI=1S/C13H18N2O2/c1-2-9-17-13(16)15-8-4-5-10-11(14)6-3-7-12(10)15/h3,6-7H,2,4-5,8-9,14H2,1H3. The predicted molar refractivity (Wildman–Crippen MR) is 68.2 cm³/mol. The average Bonchev–Trinajstić information content (AvgIpc) is 2.36. The number of fused-ring (bicyclic) bond motifs is 1. The molecule has 1 aromatic rings. The molecule has 0 unspecified atom stereocenters. The molecule has 4 nitrogen and oxygen atoms in total. The van der Waals surface area contributed by atoms with Gasteiger partial charge in [-0.1, -0.05) is 13.0 Å². The van der Waals surface area contributed by atoms with E-state index in [9.17, 15) is 4.79 Å². The third kappa shape index (κ3) is 2.35. The van der Waals surface area contributed by atoms with E-state index in [0.29, 0.717) is 13.2 Å². The van der Waals surface area contributed by atoms with E-state index in [4.69, 9.17) is 10.5 Å². The SMILES string of the molecule is CCCOC(=O)N1CCCc2c(N)cccc21. The number of hydrogen-bond donors (Lipinski definition) is 1. The maximum atomic E-state index is 11.9. The van der Waals surface area contributed by atoms with Crippen molar-refractivity contribution in [1.82, 2.24) is 0 Å². The Kier molecular flexibility index (Phi) is 3.52. The van der Waals surface area contributed by atoms with Crippen molar-refractivity contribution in [2.45, 2.75) is 26.2 Å². The quantitative estimate of drug-likeness (QED) is 0.800. The van der Waals surface area contributed by atoms with Crippen LogP contribution >= 0.6 is 0 Å². The summed E-state index contributed by atoms with van der Waals surface area (Å²) in [5, 5.41) is 0. The largest absolute Gasteiger partial charge is 0.449 e. The fraction of sp³-hybridized carbons (Fsp3) is 0.462. The van der Waals surface area contributed by atoms with E-state index in [2.05, 4.69) is 0 Å². The molecule has 2 N–H and O–H groups in total. The van der Waals surface area contributed by atoms with Crippen LogP contribution in [-0.2, 0) is 11.2 Å². The van der Waals surface area contributed by atoms with Crippen LogP contribution in [0.1, 0.15) is 25.3 Å².